The van der Waals surface area contributed by atoms with E-state index in [1.54, 1.807) is 12.1 Å². The van der Waals surface area contributed by atoms with Crippen LogP contribution < -0.4 is 11.1 Å². The topological polar surface area (TPSA) is 58.4 Å². The van der Waals surface area contributed by atoms with Crippen LogP contribution in [0.5, 0.6) is 0 Å². The van der Waals surface area contributed by atoms with Crippen LogP contribution in [0.2, 0.25) is 0 Å². The lowest BCUT2D eigenvalue weighted by Crippen LogP contribution is -2.32. The summed E-state index contributed by atoms with van der Waals surface area (Å²) in [7, 11) is 0. The highest BCUT2D eigenvalue weighted by Gasteiger charge is 2.17. The molecule has 3 N–H and O–H groups in total. The second-order valence-corrected chi connectivity index (χ2v) is 5.48. The SMILES string of the molecule is NC(=S)c1ccc(NC(=O)N2CCCC2)cc1Br. The number of carbonyl (C=O) groups excluding carboxylic acids is 1. The van der Waals surface area contributed by atoms with Gasteiger partial charge in [0.25, 0.3) is 0 Å². The summed E-state index contributed by atoms with van der Waals surface area (Å²) < 4.78 is 0.786. The first-order valence-electron chi connectivity index (χ1n) is 5.73. The molecule has 0 saturated carbocycles. The Labute approximate surface area is 120 Å². The number of thiocarbonyl (C=S) groups is 1. The number of rotatable bonds is 2. The van der Waals surface area contributed by atoms with Gasteiger partial charge in [-0.15, -0.1) is 0 Å². The Hall–Kier alpha value is -1.14. The third-order valence-corrected chi connectivity index (χ3v) is 3.76. The Balaban J connectivity index is 2.07. The van der Waals surface area contributed by atoms with Crippen molar-refractivity contribution in [2.75, 3.05) is 18.4 Å². The van der Waals surface area contributed by atoms with Gasteiger partial charge >= 0.3 is 6.03 Å². The molecule has 1 aromatic rings. The number of halogens is 1. The number of urea groups is 1. The lowest BCUT2D eigenvalue weighted by molar-refractivity contribution is 0.222. The Morgan fingerprint density at radius 3 is 2.61 bits per heavy atom. The van der Waals surface area contributed by atoms with Gasteiger partial charge in [-0.05, 0) is 47.0 Å². The Morgan fingerprint density at radius 2 is 2.06 bits per heavy atom. The fourth-order valence-electron chi connectivity index (χ4n) is 1.92. The van der Waals surface area contributed by atoms with Crippen LogP contribution in [0.15, 0.2) is 22.7 Å². The highest BCUT2D eigenvalue weighted by Crippen LogP contribution is 2.22. The normalized spacial score (nSPS) is 14.6. The molecule has 1 aliphatic heterocycles. The average Bonchev–Trinajstić information content (AvgIpc) is 2.81. The van der Waals surface area contributed by atoms with Gasteiger partial charge in [-0.25, -0.2) is 4.79 Å². The first-order valence-corrected chi connectivity index (χ1v) is 6.93. The third-order valence-electron chi connectivity index (χ3n) is 2.88. The van der Waals surface area contributed by atoms with Crippen molar-refractivity contribution < 1.29 is 4.79 Å². The molecule has 6 heteroatoms. The molecular formula is C12H14BrN3OS. The molecule has 0 aliphatic carbocycles. The largest absolute Gasteiger partial charge is 0.389 e. The molecule has 1 fully saturated rings. The van der Waals surface area contributed by atoms with Gasteiger partial charge in [-0.1, -0.05) is 12.2 Å². The second kappa shape index (κ2) is 5.67. The van der Waals surface area contributed by atoms with Gasteiger partial charge in [0.15, 0.2) is 0 Å². The summed E-state index contributed by atoms with van der Waals surface area (Å²) in [5, 5.41) is 2.86. The minimum atomic E-state index is -0.0533. The summed E-state index contributed by atoms with van der Waals surface area (Å²) in [5.74, 6) is 0. The molecule has 2 rings (SSSR count). The van der Waals surface area contributed by atoms with E-state index in [-0.39, 0.29) is 6.03 Å². The molecule has 1 aliphatic rings. The predicted octanol–water partition coefficient (Wildman–Crippen LogP) is 2.71. The van der Waals surface area contributed by atoms with Crippen molar-refractivity contribution >= 4 is 44.9 Å². The van der Waals surface area contributed by atoms with Gasteiger partial charge in [-0.3, -0.25) is 0 Å². The van der Waals surface area contributed by atoms with Crippen molar-refractivity contribution in [2.45, 2.75) is 12.8 Å². The van der Waals surface area contributed by atoms with Crippen molar-refractivity contribution in [1.82, 2.24) is 4.90 Å². The first kappa shape index (κ1) is 13.3. The van der Waals surface area contributed by atoms with E-state index in [1.165, 1.54) is 0 Å². The molecule has 1 aromatic carbocycles. The molecule has 0 unspecified atom stereocenters. The summed E-state index contributed by atoms with van der Waals surface area (Å²) in [5.41, 5.74) is 7.07. The van der Waals surface area contributed by atoms with Crippen LogP contribution in [-0.4, -0.2) is 29.0 Å². The summed E-state index contributed by atoms with van der Waals surface area (Å²) in [6.45, 7) is 1.66. The second-order valence-electron chi connectivity index (χ2n) is 4.18. The highest BCUT2D eigenvalue weighted by atomic mass is 79.9. The summed E-state index contributed by atoms with van der Waals surface area (Å²) in [6.07, 6.45) is 2.16. The molecule has 4 nitrogen and oxygen atoms in total. The van der Waals surface area contributed by atoms with Crippen molar-refractivity contribution in [3.63, 3.8) is 0 Å². The number of benzene rings is 1. The Kier molecular flexibility index (Phi) is 4.19. The molecule has 0 radical (unpaired) electrons. The van der Waals surface area contributed by atoms with E-state index in [1.807, 2.05) is 11.0 Å². The maximum Gasteiger partial charge on any atom is 0.321 e. The lowest BCUT2D eigenvalue weighted by atomic mass is 10.2. The molecule has 96 valence electrons. The Bertz CT molecular complexity index is 486. The van der Waals surface area contributed by atoms with Gasteiger partial charge in [0, 0.05) is 28.8 Å². The zero-order chi connectivity index (χ0) is 13.1. The monoisotopic (exact) mass is 327 g/mol. The lowest BCUT2D eigenvalue weighted by Gasteiger charge is -2.16. The van der Waals surface area contributed by atoms with E-state index in [4.69, 9.17) is 18.0 Å². The van der Waals surface area contributed by atoms with Gasteiger partial charge in [0.2, 0.25) is 0 Å². The van der Waals surface area contributed by atoms with Crippen LogP contribution in [-0.2, 0) is 0 Å². The first-order chi connectivity index (χ1) is 8.58. The number of nitrogens with zero attached hydrogens (tertiary/aromatic N) is 1. The maximum atomic E-state index is 11.9. The molecule has 0 aromatic heterocycles. The molecule has 18 heavy (non-hydrogen) atoms. The van der Waals surface area contributed by atoms with Gasteiger partial charge in [0.1, 0.15) is 4.99 Å². The van der Waals surface area contributed by atoms with Crippen molar-refractivity contribution in [3.05, 3.63) is 28.2 Å². The zero-order valence-corrected chi connectivity index (χ0v) is 12.2. The van der Waals surface area contributed by atoms with E-state index in [0.717, 1.165) is 41.7 Å². The number of carbonyl (C=O) groups is 1. The van der Waals surface area contributed by atoms with Crippen molar-refractivity contribution in [3.8, 4) is 0 Å². The van der Waals surface area contributed by atoms with E-state index >= 15 is 0 Å². The van der Waals surface area contributed by atoms with Crippen molar-refractivity contribution in [1.29, 1.82) is 0 Å². The standard InChI is InChI=1S/C12H14BrN3OS/c13-10-7-8(3-4-9(10)11(14)18)15-12(17)16-5-1-2-6-16/h3-4,7H,1-2,5-6H2,(H2,14,18)(H,15,17). The van der Waals surface area contributed by atoms with Crippen LogP contribution in [0.4, 0.5) is 10.5 Å². The number of anilines is 1. The van der Waals surface area contributed by atoms with Crippen LogP contribution in [0.25, 0.3) is 0 Å². The maximum absolute atomic E-state index is 11.9. The fraction of sp³-hybridized carbons (Fsp3) is 0.333. The number of hydrogen-bond acceptors (Lipinski definition) is 2. The summed E-state index contributed by atoms with van der Waals surface area (Å²) >= 11 is 8.31. The molecule has 0 spiro atoms. The smallest absolute Gasteiger partial charge is 0.321 e. The number of hydrogen-bond donors (Lipinski definition) is 2. The van der Waals surface area contributed by atoms with Gasteiger partial charge < -0.3 is 16.0 Å². The highest BCUT2D eigenvalue weighted by molar-refractivity contribution is 9.10. The number of likely N-dealkylation sites (tertiary alicyclic amines) is 1. The minimum absolute atomic E-state index is 0.0533. The summed E-state index contributed by atoms with van der Waals surface area (Å²) in [6, 6.07) is 5.35. The van der Waals surface area contributed by atoms with Crippen LogP contribution in [0, 0.1) is 0 Å². The molecule has 0 bridgehead atoms. The van der Waals surface area contributed by atoms with E-state index in [2.05, 4.69) is 21.2 Å². The zero-order valence-electron chi connectivity index (χ0n) is 9.78. The fourth-order valence-corrected chi connectivity index (χ4v) is 2.82. The molecule has 1 heterocycles. The van der Waals surface area contributed by atoms with Crippen LogP contribution in [0.1, 0.15) is 18.4 Å². The van der Waals surface area contributed by atoms with E-state index in [9.17, 15) is 4.79 Å². The quantitative estimate of drug-likeness (QED) is 0.821. The molecule has 0 atom stereocenters. The van der Waals surface area contributed by atoms with Crippen molar-refractivity contribution in [2.24, 2.45) is 5.73 Å². The summed E-state index contributed by atoms with van der Waals surface area (Å²) in [4.78, 5) is 14.0. The average molecular weight is 328 g/mol. The van der Waals surface area contributed by atoms with E-state index in [0.29, 0.717) is 4.99 Å². The van der Waals surface area contributed by atoms with E-state index < -0.39 is 0 Å². The number of amides is 2. The van der Waals surface area contributed by atoms with Crippen LogP contribution in [0.3, 0.4) is 0 Å². The van der Waals surface area contributed by atoms with Gasteiger partial charge in [0.05, 0.1) is 0 Å². The predicted molar refractivity (Wildman–Crippen MR) is 79.9 cm³/mol. The third kappa shape index (κ3) is 3.00. The number of nitrogens with one attached hydrogen (secondary N) is 1. The minimum Gasteiger partial charge on any atom is -0.389 e. The van der Waals surface area contributed by atoms with Gasteiger partial charge in [-0.2, -0.15) is 0 Å². The molecular weight excluding hydrogens is 314 g/mol. The molecule has 2 amide bonds. The molecule has 1 saturated heterocycles. The van der Waals surface area contributed by atoms with Crippen LogP contribution >= 0.6 is 28.1 Å². The Morgan fingerprint density at radius 1 is 1.39 bits per heavy atom. The number of nitrogens with two attached hydrogens (primary N) is 1.